The maximum absolute atomic E-state index is 13.2. The summed E-state index contributed by atoms with van der Waals surface area (Å²) in [4.78, 5) is 12.3. The van der Waals surface area contributed by atoms with Crippen molar-refractivity contribution in [3.05, 3.63) is 58.3 Å². The number of rotatable bonds is 3. The lowest BCUT2D eigenvalue weighted by molar-refractivity contribution is 0.112. The maximum atomic E-state index is 13.2. The number of hydrogen-bond donors (Lipinski definition) is 0. The Morgan fingerprint density at radius 3 is 2.67 bits per heavy atom. The average molecular weight is 300 g/mol. The first-order valence-corrected chi connectivity index (χ1v) is 7.34. The molecule has 3 nitrogen and oxygen atoms in total. The van der Waals surface area contributed by atoms with E-state index in [0.29, 0.717) is 11.3 Å². The van der Waals surface area contributed by atoms with Crippen LogP contribution in [0.2, 0.25) is 0 Å². The molecule has 0 aliphatic carbocycles. The topological polar surface area (TPSA) is 34.9 Å². The van der Waals surface area contributed by atoms with Crippen molar-refractivity contribution >= 4 is 17.6 Å². The number of nitrogens with zero attached hydrogens (tertiary/aromatic N) is 2. The number of carbonyl (C=O) groups is 1. The lowest BCUT2D eigenvalue weighted by Crippen LogP contribution is -1.98. The number of aryl methyl sites for hydroxylation is 2. The van der Waals surface area contributed by atoms with Crippen molar-refractivity contribution in [3.63, 3.8) is 0 Å². The molecule has 0 saturated carbocycles. The van der Waals surface area contributed by atoms with Gasteiger partial charge in [-0.1, -0.05) is 0 Å². The maximum Gasteiger partial charge on any atom is 0.153 e. The highest BCUT2D eigenvalue weighted by Crippen LogP contribution is 2.30. The lowest BCUT2D eigenvalue weighted by Gasteiger charge is -2.05. The molecule has 0 amide bonds. The van der Waals surface area contributed by atoms with Crippen LogP contribution >= 0.6 is 11.3 Å². The summed E-state index contributed by atoms with van der Waals surface area (Å²) in [6.45, 7) is 3.80. The average Bonchev–Trinajstić information content (AvgIpc) is 3.04. The predicted molar refractivity (Wildman–Crippen MR) is 81.7 cm³/mol. The van der Waals surface area contributed by atoms with E-state index >= 15 is 0 Å². The van der Waals surface area contributed by atoms with Gasteiger partial charge in [-0.25, -0.2) is 9.07 Å². The molecule has 106 valence electrons. The predicted octanol–water partition coefficient (Wildman–Crippen LogP) is 4.17. The summed E-state index contributed by atoms with van der Waals surface area (Å²) >= 11 is 1.55. The third kappa shape index (κ3) is 2.40. The smallest absolute Gasteiger partial charge is 0.153 e. The van der Waals surface area contributed by atoms with Crippen molar-refractivity contribution in [2.75, 3.05) is 0 Å². The molecule has 0 fully saturated rings. The minimum Gasteiger partial charge on any atom is -0.298 e. The van der Waals surface area contributed by atoms with Gasteiger partial charge in [0, 0.05) is 6.20 Å². The second kappa shape index (κ2) is 5.26. The summed E-state index contributed by atoms with van der Waals surface area (Å²) in [5, 5.41) is 6.49. The van der Waals surface area contributed by atoms with E-state index in [1.807, 2.05) is 25.3 Å². The number of hydrogen-bond acceptors (Lipinski definition) is 3. The van der Waals surface area contributed by atoms with E-state index in [-0.39, 0.29) is 5.82 Å². The molecular formula is C16H13FN2OS. The summed E-state index contributed by atoms with van der Waals surface area (Å²) < 4.78 is 14.8. The van der Waals surface area contributed by atoms with Crippen molar-refractivity contribution in [2.24, 2.45) is 0 Å². The first-order chi connectivity index (χ1) is 10.1. The SMILES string of the molecule is Cc1cc(F)ccc1-n1cc(C=O)c(-c2sccc2C)n1. The van der Waals surface area contributed by atoms with Gasteiger partial charge in [-0.2, -0.15) is 5.10 Å². The van der Waals surface area contributed by atoms with E-state index in [2.05, 4.69) is 5.10 Å². The number of benzene rings is 1. The summed E-state index contributed by atoms with van der Waals surface area (Å²) in [5.74, 6) is -0.284. The third-order valence-electron chi connectivity index (χ3n) is 3.35. The van der Waals surface area contributed by atoms with Gasteiger partial charge in [-0.15, -0.1) is 11.3 Å². The van der Waals surface area contributed by atoms with Gasteiger partial charge in [0.1, 0.15) is 11.5 Å². The van der Waals surface area contributed by atoms with Crippen LogP contribution < -0.4 is 0 Å². The second-order valence-corrected chi connectivity index (χ2v) is 5.78. The highest BCUT2D eigenvalue weighted by Gasteiger charge is 2.15. The Bertz CT molecular complexity index is 820. The number of aldehydes is 1. The fourth-order valence-electron chi connectivity index (χ4n) is 2.26. The normalized spacial score (nSPS) is 10.8. The van der Waals surface area contributed by atoms with E-state index in [9.17, 15) is 9.18 Å². The van der Waals surface area contributed by atoms with Crippen LogP contribution in [0.5, 0.6) is 0 Å². The molecule has 0 saturated heterocycles. The molecule has 2 aromatic heterocycles. The van der Waals surface area contributed by atoms with E-state index in [4.69, 9.17) is 0 Å². The minimum absolute atomic E-state index is 0.284. The molecule has 3 rings (SSSR count). The largest absolute Gasteiger partial charge is 0.298 e. The van der Waals surface area contributed by atoms with E-state index in [0.717, 1.165) is 28.0 Å². The minimum atomic E-state index is -0.284. The fourth-order valence-corrected chi connectivity index (χ4v) is 3.20. The molecule has 0 aliphatic rings. The highest BCUT2D eigenvalue weighted by molar-refractivity contribution is 7.13. The summed E-state index contributed by atoms with van der Waals surface area (Å²) in [6.07, 6.45) is 2.48. The van der Waals surface area contributed by atoms with Crippen molar-refractivity contribution < 1.29 is 9.18 Å². The van der Waals surface area contributed by atoms with Crippen LogP contribution in [0.25, 0.3) is 16.3 Å². The monoisotopic (exact) mass is 300 g/mol. The molecule has 5 heteroatoms. The van der Waals surface area contributed by atoms with Crippen molar-refractivity contribution in [1.82, 2.24) is 9.78 Å². The van der Waals surface area contributed by atoms with Crippen LogP contribution in [0, 0.1) is 19.7 Å². The zero-order valence-corrected chi connectivity index (χ0v) is 12.4. The van der Waals surface area contributed by atoms with Crippen LogP contribution in [0.15, 0.2) is 35.8 Å². The van der Waals surface area contributed by atoms with Gasteiger partial charge in [0.15, 0.2) is 6.29 Å². The Balaban J connectivity index is 2.16. The third-order valence-corrected chi connectivity index (χ3v) is 4.38. The van der Waals surface area contributed by atoms with Gasteiger partial charge in [0.2, 0.25) is 0 Å². The lowest BCUT2D eigenvalue weighted by atomic mass is 10.2. The number of aromatic nitrogens is 2. The number of carbonyl (C=O) groups excluding carboxylic acids is 1. The molecule has 0 spiro atoms. The Kier molecular flexibility index (Phi) is 3.43. The molecule has 0 aliphatic heterocycles. The van der Waals surface area contributed by atoms with Gasteiger partial charge in [0.25, 0.3) is 0 Å². The van der Waals surface area contributed by atoms with Gasteiger partial charge >= 0.3 is 0 Å². The molecule has 3 aromatic rings. The molecule has 21 heavy (non-hydrogen) atoms. The highest BCUT2D eigenvalue weighted by atomic mass is 32.1. The van der Waals surface area contributed by atoms with Gasteiger partial charge in [0.05, 0.1) is 16.1 Å². The number of thiophene rings is 1. The summed E-state index contributed by atoms with van der Waals surface area (Å²) in [7, 11) is 0. The van der Waals surface area contributed by atoms with Gasteiger partial charge in [-0.05, 0) is 54.6 Å². The second-order valence-electron chi connectivity index (χ2n) is 4.86. The van der Waals surface area contributed by atoms with Crippen LogP contribution in [0.4, 0.5) is 4.39 Å². The van der Waals surface area contributed by atoms with Gasteiger partial charge in [-0.3, -0.25) is 4.79 Å². The summed E-state index contributed by atoms with van der Waals surface area (Å²) in [5.41, 5.74) is 3.82. The van der Waals surface area contributed by atoms with Crippen LogP contribution in [0.3, 0.4) is 0 Å². The van der Waals surface area contributed by atoms with Crippen LogP contribution in [0.1, 0.15) is 21.5 Å². The number of halogens is 1. The molecule has 0 bridgehead atoms. The molecule has 0 unspecified atom stereocenters. The molecular weight excluding hydrogens is 287 g/mol. The molecule has 0 atom stereocenters. The zero-order chi connectivity index (χ0) is 15.0. The zero-order valence-electron chi connectivity index (χ0n) is 11.6. The Hall–Kier alpha value is -2.27. The Morgan fingerprint density at radius 1 is 1.24 bits per heavy atom. The van der Waals surface area contributed by atoms with Crippen LogP contribution in [-0.2, 0) is 0 Å². The molecule has 0 N–H and O–H groups in total. The Morgan fingerprint density at radius 2 is 2.05 bits per heavy atom. The first-order valence-electron chi connectivity index (χ1n) is 6.46. The standard InChI is InChI=1S/C16H13FN2OS/c1-10-5-6-21-16(10)15-12(9-20)8-19(18-15)14-4-3-13(17)7-11(14)2/h3-9H,1-2H3. The first kappa shape index (κ1) is 13.7. The van der Waals surface area contributed by atoms with E-state index in [1.54, 1.807) is 28.3 Å². The Labute approximate surface area is 125 Å². The van der Waals surface area contributed by atoms with E-state index < -0.39 is 0 Å². The molecule has 0 radical (unpaired) electrons. The fraction of sp³-hybridized carbons (Fsp3) is 0.125. The van der Waals surface area contributed by atoms with Gasteiger partial charge < -0.3 is 0 Å². The molecule has 2 heterocycles. The van der Waals surface area contributed by atoms with Crippen LogP contribution in [-0.4, -0.2) is 16.1 Å². The summed E-state index contributed by atoms with van der Waals surface area (Å²) in [6, 6.07) is 6.50. The van der Waals surface area contributed by atoms with E-state index in [1.165, 1.54) is 12.1 Å². The van der Waals surface area contributed by atoms with Crippen molar-refractivity contribution in [3.8, 4) is 16.3 Å². The quantitative estimate of drug-likeness (QED) is 0.680. The molecule has 1 aromatic carbocycles. The van der Waals surface area contributed by atoms with Crippen molar-refractivity contribution in [2.45, 2.75) is 13.8 Å². The van der Waals surface area contributed by atoms with Crippen molar-refractivity contribution in [1.29, 1.82) is 0 Å².